The van der Waals surface area contributed by atoms with Crippen molar-refractivity contribution in [3.63, 3.8) is 0 Å². The summed E-state index contributed by atoms with van der Waals surface area (Å²) in [5.74, 6) is 0.757. The number of oxazole rings is 1. The molecule has 0 aliphatic rings. The van der Waals surface area contributed by atoms with E-state index in [-0.39, 0.29) is 0 Å². The van der Waals surface area contributed by atoms with Crippen molar-refractivity contribution in [3.05, 3.63) is 29.1 Å². The van der Waals surface area contributed by atoms with E-state index in [1.165, 1.54) is 0 Å². The monoisotopic (exact) mass is 211 g/mol. The highest BCUT2D eigenvalue weighted by Crippen LogP contribution is 2.19. The van der Waals surface area contributed by atoms with E-state index >= 15 is 0 Å². The van der Waals surface area contributed by atoms with E-state index in [1.54, 1.807) is 12.1 Å². The summed E-state index contributed by atoms with van der Waals surface area (Å²) in [6.07, 6.45) is 0.812. The Labute approximate surface area is 88.9 Å². The second kappa shape index (κ2) is 5.01. The number of halogens is 1. The lowest BCUT2D eigenvalue weighted by Crippen LogP contribution is -1.75. The van der Waals surface area contributed by atoms with Gasteiger partial charge in [-0.05, 0) is 18.2 Å². The summed E-state index contributed by atoms with van der Waals surface area (Å²) in [4.78, 5) is 4.24. The summed E-state index contributed by atoms with van der Waals surface area (Å²) in [5, 5.41) is 0.693. The fourth-order valence-electron chi connectivity index (χ4n) is 1.10. The van der Waals surface area contributed by atoms with Crippen molar-refractivity contribution in [1.29, 1.82) is 0 Å². The molecular weight excluding hydrogens is 198 g/mol. The van der Waals surface area contributed by atoms with E-state index in [2.05, 4.69) is 4.98 Å². The fraction of sp³-hybridized carbons (Fsp3) is 0.364. The summed E-state index contributed by atoms with van der Waals surface area (Å²) >= 11 is 5.79. The predicted molar refractivity (Wildman–Crippen MR) is 59.7 cm³/mol. The first-order valence-electron chi connectivity index (χ1n) is 4.84. The first-order chi connectivity index (χ1) is 6.79. The van der Waals surface area contributed by atoms with Gasteiger partial charge in [-0.15, -0.1) is 0 Å². The summed E-state index contributed by atoms with van der Waals surface area (Å²) in [5.41, 5.74) is 1.63. The van der Waals surface area contributed by atoms with Crippen LogP contribution in [0.3, 0.4) is 0 Å². The first-order valence-corrected chi connectivity index (χ1v) is 5.22. The van der Waals surface area contributed by atoms with Crippen LogP contribution in [0, 0.1) is 0 Å². The minimum Gasteiger partial charge on any atom is -0.441 e. The van der Waals surface area contributed by atoms with Gasteiger partial charge in [0, 0.05) is 11.4 Å². The molecule has 0 radical (unpaired) electrons. The Morgan fingerprint density at radius 3 is 2.71 bits per heavy atom. The number of aromatic nitrogens is 1. The van der Waals surface area contributed by atoms with Crippen LogP contribution in [0.15, 0.2) is 22.6 Å². The molecular formula is C11H14ClNO. The molecule has 2 rings (SSSR count). The van der Waals surface area contributed by atoms with Gasteiger partial charge < -0.3 is 4.42 Å². The van der Waals surface area contributed by atoms with Gasteiger partial charge in [-0.2, -0.15) is 0 Å². The maximum atomic E-state index is 5.79. The van der Waals surface area contributed by atoms with E-state index in [1.807, 2.05) is 26.8 Å². The van der Waals surface area contributed by atoms with Crippen LogP contribution in [0.4, 0.5) is 0 Å². The number of hydrogen-bond donors (Lipinski definition) is 0. The lowest BCUT2D eigenvalue weighted by molar-refractivity contribution is 0.538. The molecule has 2 aromatic rings. The third kappa shape index (κ3) is 2.26. The van der Waals surface area contributed by atoms with Crippen LogP contribution >= 0.6 is 11.6 Å². The topological polar surface area (TPSA) is 26.0 Å². The SMILES string of the molecule is CC.CCc1nc2cc(Cl)ccc2o1. The normalized spacial score (nSPS) is 9.71. The Morgan fingerprint density at radius 1 is 1.36 bits per heavy atom. The molecule has 2 nitrogen and oxygen atoms in total. The van der Waals surface area contributed by atoms with Crippen molar-refractivity contribution in [2.24, 2.45) is 0 Å². The average Bonchev–Trinajstić information content (AvgIpc) is 2.62. The lowest BCUT2D eigenvalue weighted by atomic mass is 10.3. The smallest absolute Gasteiger partial charge is 0.195 e. The molecule has 0 aliphatic heterocycles. The van der Waals surface area contributed by atoms with Crippen LogP contribution in [0.25, 0.3) is 11.1 Å². The minimum absolute atomic E-state index is 0.693. The second-order valence-corrected chi connectivity index (χ2v) is 3.01. The third-order valence-corrected chi connectivity index (χ3v) is 1.93. The van der Waals surface area contributed by atoms with Gasteiger partial charge in [0.1, 0.15) is 5.52 Å². The molecule has 0 spiro atoms. The zero-order valence-electron chi connectivity index (χ0n) is 8.67. The molecule has 1 heterocycles. The first kappa shape index (κ1) is 11.1. The molecule has 0 aliphatic carbocycles. The number of aryl methyl sites for hydroxylation is 1. The highest BCUT2D eigenvalue weighted by Gasteiger charge is 2.02. The zero-order valence-corrected chi connectivity index (χ0v) is 9.43. The molecule has 1 aromatic heterocycles. The van der Waals surface area contributed by atoms with Gasteiger partial charge in [-0.3, -0.25) is 0 Å². The maximum absolute atomic E-state index is 5.79. The highest BCUT2D eigenvalue weighted by molar-refractivity contribution is 6.31. The van der Waals surface area contributed by atoms with Gasteiger partial charge in [-0.1, -0.05) is 32.4 Å². The molecule has 0 N–H and O–H groups in total. The molecule has 0 amide bonds. The van der Waals surface area contributed by atoms with Crippen LogP contribution in [0.2, 0.25) is 5.02 Å². The van der Waals surface area contributed by atoms with E-state index in [0.717, 1.165) is 23.4 Å². The predicted octanol–water partition coefficient (Wildman–Crippen LogP) is 4.07. The van der Waals surface area contributed by atoms with Crippen LogP contribution in [-0.4, -0.2) is 4.98 Å². The van der Waals surface area contributed by atoms with E-state index in [9.17, 15) is 0 Å². The standard InChI is InChI=1S/C9H8ClNO.C2H6/c1-2-9-11-7-5-6(10)3-4-8(7)12-9;1-2/h3-5H,2H2,1H3;1-2H3. The Hall–Kier alpha value is -1.02. The molecule has 0 unspecified atom stereocenters. The Morgan fingerprint density at radius 2 is 2.07 bits per heavy atom. The van der Waals surface area contributed by atoms with Gasteiger partial charge in [0.15, 0.2) is 11.5 Å². The van der Waals surface area contributed by atoms with Crippen molar-refractivity contribution < 1.29 is 4.42 Å². The summed E-state index contributed by atoms with van der Waals surface area (Å²) in [6.45, 7) is 6.01. The molecule has 76 valence electrons. The Balaban J connectivity index is 0.000000461. The van der Waals surface area contributed by atoms with Crippen LogP contribution in [-0.2, 0) is 6.42 Å². The largest absolute Gasteiger partial charge is 0.441 e. The molecule has 0 saturated carbocycles. The number of hydrogen-bond acceptors (Lipinski definition) is 2. The Kier molecular flexibility index (Phi) is 3.96. The van der Waals surface area contributed by atoms with Gasteiger partial charge in [-0.25, -0.2) is 4.98 Å². The second-order valence-electron chi connectivity index (χ2n) is 2.57. The summed E-state index contributed by atoms with van der Waals surface area (Å²) in [6, 6.07) is 5.44. The van der Waals surface area contributed by atoms with Crippen LogP contribution in [0.1, 0.15) is 26.7 Å². The third-order valence-electron chi connectivity index (χ3n) is 1.70. The van der Waals surface area contributed by atoms with Crippen molar-refractivity contribution in [2.45, 2.75) is 27.2 Å². The van der Waals surface area contributed by atoms with E-state index in [4.69, 9.17) is 16.0 Å². The quantitative estimate of drug-likeness (QED) is 0.711. The Bertz CT molecular complexity index is 409. The minimum atomic E-state index is 0.693. The average molecular weight is 212 g/mol. The van der Waals surface area contributed by atoms with Gasteiger partial charge >= 0.3 is 0 Å². The summed E-state index contributed by atoms with van der Waals surface area (Å²) < 4.78 is 5.40. The molecule has 0 fully saturated rings. The zero-order chi connectivity index (χ0) is 10.6. The number of fused-ring (bicyclic) bond motifs is 1. The van der Waals surface area contributed by atoms with Crippen molar-refractivity contribution in [2.75, 3.05) is 0 Å². The summed E-state index contributed by atoms with van der Waals surface area (Å²) in [7, 11) is 0. The number of nitrogens with zero attached hydrogens (tertiary/aromatic N) is 1. The molecule has 1 aromatic carbocycles. The molecule has 14 heavy (non-hydrogen) atoms. The maximum Gasteiger partial charge on any atom is 0.195 e. The van der Waals surface area contributed by atoms with Crippen LogP contribution < -0.4 is 0 Å². The van der Waals surface area contributed by atoms with E-state index < -0.39 is 0 Å². The molecule has 0 atom stereocenters. The fourth-order valence-corrected chi connectivity index (χ4v) is 1.27. The molecule has 3 heteroatoms. The molecule has 0 saturated heterocycles. The van der Waals surface area contributed by atoms with Crippen molar-refractivity contribution in [1.82, 2.24) is 4.98 Å². The van der Waals surface area contributed by atoms with Gasteiger partial charge in [0.25, 0.3) is 0 Å². The van der Waals surface area contributed by atoms with Gasteiger partial charge in [0.2, 0.25) is 0 Å². The molecule has 0 bridgehead atoms. The highest BCUT2D eigenvalue weighted by atomic mass is 35.5. The lowest BCUT2D eigenvalue weighted by Gasteiger charge is -1.85. The van der Waals surface area contributed by atoms with E-state index in [0.29, 0.717) is 5.02 Å². The van der Waals surface area contributed by atoms with Crippen molar-refractivity contribution >= 4 is 22.7 Å². The number of benzene rings is 1. The van der Waals surface area contributed by atoms with Crippen LogP contribution in [0.5, 0.6) is 0 Å². The number of rotatable bonds is 1. The van der Waals surface area contributed by atoms with Crippen molar-refractivity contribution in [3.8, 4) is 0 Å². The van der Waals surface area contributed by atoms with Gasteiger partial charge in [0.05, 0.1) is 0 Å².